The number of halogens is 1. The van der Waals surface area contributed by atoms with Gasteiger partial charge in [-0.15, -0.1) is 0 Å². The summed E-state index contributed by atoms with van der Waals surface area (Å²) in [4.78, 5) is 21.2. The van der Waals surface area contributed by atoms with Crippen molar-refractivity contribution in [2.45, 2.75) is 44.9 Å². The van der Waals surface area contributed by atoms with Gasteiger partial charge in [0.1, 0.15) is 22.4 Å². The van der Waals surface area contributed by atoms with Gasteiger partial charge in [0, 0.05) is 24.6 Å². The summed E-state index contributed by atoms with van der Waals surface area (Å²) < 4.78 is 8.30. The molecule has 1 aromatic heterocycles. The van der Waals surface area contributed by atoms with Crippen LogP contribution in [0.2, 0.25) is 0 Å². The predicted octanol–water partition coefficient (Wildman–Crippen LogP) is 3.24. The minimum Gasteiger partial charge on any atom is -0.506 e. The van der Waals surface area contributed by atoms with E-state index in [9.17, 15) is 9.90 Å². The minimum atomic E-state index is -0.484. The second-order valence-electron chi connectivity index (χ2n) is 8.07. The van der Waals surface area contributed by atoms with E-state index in [4.69, 9.17) is 9.72 Å². The normalized spacial score (nSPS) is 22.5. The maximum absolute atomic E-state index is 12.4. The number of benzene rings is 1. The van der Waals surface area contributed by atoms with Gasteiger partial charge < -0.3 is 19.3 Å². The molecule has 1 amide bonds. The molecule has 3 fully saturated rings. The first kappa shape index (κ1) is 17.5. The molecule has 26 heavy (non-hydrogen) atoms. The lowest BCUT2D eigenvalue weighted by Crippen LogP contribution is -2.71. The fraction of sp³-hybridized carbons (Fsp3) is 0.556. The van der Waals surface area contributed by atoms with Gasteiger partial charge in [0.15, 0.2) is 0 Å². The molecule has 2 unspecified atom stereocenters. The first-order valence-electron chi connectivity index (χ1n) is 8.76. The Labute approximate surface area is 160 Å². The van der Waals surface area contributed by atoms with Gasteiger partial charge in [0.2, 0.25) is 5.95 Å². The molecule has 3 aliphatic heterocycles. The molecule has 2 aromatic rings. The van der Waals surface area contributed by atoms with E-state index in [-0.39, 0.29) is 23.9 Å². The van der Waals surface area contributed by atoms with Gasteiger partial charge in [-0.05, 0) is 55.3 Å². The Morgan fingerprint density at radius 2 is 1.96 bits per heavy atom. The Bertz CT molecular complexity index is 877. The third kappa shape index (κ3) is 2.71. The molecule has 7 nitrogen and oxygen atoms in total. The van der Waals surface area contributed by atoms with Crippen LogP contribution in [0.5, 0.6) is 5.75 Å². The number of piperazine rings is 1. The Morgan fingerprint density at radius 3 is 2.54 bits per heavy atom. The molecule has 2 bridgehead atoms. The quantitative estimate of drug-likeness (QED) is 0.763. The molecule has 140 valence electrons. The number of hydrogen-bond donors (Lipinski definition) is 1. The number of amides is 1. The monoisotopic (exact) mass is 422 g/mol. The van der Waals surface area contributed by atoms with Crippen molar-refractivity contribution in [1.82, 2.24) is 14.5 Å². The highest BCUT2D eigenvalue weighted by molar-refractivity contribution is 9.10. The fourth-order valence-electron chi connectivity index (χ4n) is 3.93. The number of carbonyl (C=O) groups excluding carboxylic acids is 1. The van der Waals surface area contributed by atoms with Crippen molar-refractivity contribution in [1.29, 1.82) is 0 Å². The van der Waals surface area contributed by atoms with Gasteiger partial charge in [-0.3, -0.25) is 4.90 Å². The first-order valence-corrected chi connectivity index (χ1v) is 9.55. The highest BCUT2D eigenvalue weighted by atomic mass is 79.9. The summed E-state index contributed by atoms with van der Waals surface area (Å²) in [6.45, 7) is 7.08. The second-order valence-corrected chi connectivity index (χ2v) is 8.92. The highest BCUT2D eigenvalue weighted by Gasteiger charge is 2.49. The molecule has 3 saturated heterocycles. The molecule has 0 saturated carbocycles. The third-order valence-electron chi connectivity index (χ3n) is 5.01. The minimum absolute atomic E-state index is 0.139. The topological polar surface area (TPSA) is 70.8 Å². The molecular weight excluding hydrogens is 400 g/mol. The third-order valence-corrected chi connectivity index (χ3v) is 5.65. The zero-order valence-electron chi connectivity index (χ0n) is 15.4. The summed E-state index contributed by atoms with van der Waals surface area (Å²) >= 11 is 3.50. The van der Waals surface area contributed by atoms with Crippen molar-refractivity contribution in [3.05, 3.63) is 16.6 Å². The number of carbonyl (C=O) groups is 1. The standard InChI is InChI=1S/C18H23BrN4O3/c1-18(2,3)26-17(25)23-10-7-11(23)9-22(8-10)16-20-14-12(19)5-6-13(24)15(14)21(16)4/h5-6,10-11,24H,7-9H2,1-4H3. The molecule has 2 atom stereocenters. The summed E-state index contributed by atoms with van der Waals surface area (Å²) in [5, 5.41) is 10.2. The maximum Gasteiger partial charge on any atom is 0.410 e. The Morgan fingerprint density at radius 1 is 1.31 bits per heavy atom. The number of phenolic OH excluding ortho intramolecular Hbond substituents is 1. The number of phenols is 1. The number of imidazole rings is 1. The molecule has 0 radical (unpaired) electrons. The van der Waals surface area contributed by atoms with Crippen LogP contribution >= 0.6 is 15.9 Å². The van der Waals surface area contributed by atoms with E-state index in [0.29, 0.717) is 18.6 Å². The summed E-state index contributed by atoms with van der Waals surface area (Å²) in [6, 6.07) is 3.74. The number of hydrogen-bond acceptors (Lipinski definition) is 5. The number of aryl methyl sites for hydroxylation is 1. The number of fused-ring (bicyclic) bond motifs is 3. The van der Waals surface area contributed by atoms with Gasteiger partial charge >= 0.3 is 6.09 Å². The molecule has 0 aliphatic carbocycles. The number of rotatable bonds is 1. The lowest BCUT2D eigenvalue weighted by molar-refractivity contribution is -0.0382. The van der Waals surface area contributed by atoms with Crippen molar-refractivity contribution in [3.8, 4) is 5.75 Å². The van der Waals surface area contributed by atoms with Crippen molar-refractivity contribution < 1.29 is 14.6 Å². The van der Waals surface area contributed by atoms with E-state index in [1.165, 1.54) is 0 Å². The van der Waals surface area contributed by atoms with Crippen molar-refractivity contribution in [3.63, 3.8) is 0 Å². The molecule has 1 N–H and O–H groups in total. The number of piperidine rings is 1. The van der Waals surface area contributed by atoms with Crippen LogP contribution in [-0.4, -0.2) is 56.4 Å². The first-order chi connectivity index (χ1) is 12.2. The van der Waals surface area contributed by atoms with Crippen LogP contribution in [0, 0.1) is 0 Å². The van der Waals surface area contributed by atoms with E-state index < -0.39 is 5.60 Å². The zero-order valence-corrected chi connectivity index (χ0v) is 16.9. The van der Waals surface area contributed by atoms with Crippen LogP contribution in [0.15, 0.2) is 16.6 Å². The Balaban J connectivity index is 1.57. The van der Waals surface area contributed by atoms with Crippen LogP contribution in [0.1, 0.15) is 27.2 Å². The maximum atomic E-state index is 12.4. The largest absolute Gasteiger partial charge is 0.506 e. The van der Waals surface area contributed by atoms with Gasteiger partial charge in [-0.2, -0.15) is 0 Å². The molecular formula is C18H23BrN4O3. The van der Waals surface area contributed by atoms with Crippen LogP contribution in [0.4, 0.5) is 10.7 Å². The predicted molar refractivity (Wildman–Crippen MR) is 103 cm³/mol. The second kappa shape index (κ2) is 5.77. The van der Waals surface area contributed by atoms with Crippen LogP contribution < -0.4 is 4.90 Å². The van der Waals surface area contributed by atoms with Crippen molar-refractivity contribution in [2.24, 2.45) is 7.05 Å². The van der Waals surface area contributed by atoms with Gasteiger partial charge in [-0.1, -0.05) is 0 Å². The van der Waals surface area contributed by atoms with E-state index >= 15 is 0 Å². The molecule has 8 heteroatoms. The van der Waals surface area contributed by atoms with Gasteiger partial charge in [0.25, 0.3) is 0 Å². The molecule has 1 aromatic carbocycles. The molecule has 3 aliphatic rings. The Kier molecular flexibility index (Phi) is 3.87. The number of aromatic hydroxyl groups is 1. The molecule has 4 heterocycles. The van der Waals surface area contributed by atoms with E-state index in [1.807, 2.05) is 37.3 Å². The zero-order chi connectivity index (χ0) is 18.8. The van der Waals surface area contributed by atoms with E-state index in [0.717, 1.165) is 22.4 Å². The van der Waals surface area contributed by atoms with E-state index in [1.54, 1.807) is 12.1 Å². The Hall–Kier alpha value is -1.96. The number of anilines is 1. The summed E-state index contributed by atoms with van der Waals surface area (Å²) in [6.07, 6.45) is 0.762. The van der Waals surface area contributed by atoms with E-state index in [2.05, 4.69) is 20.8 Å². The van der Waals surface area contributed by atoms with Crippen LogP contribution in [0.3, 0.4) is 0 Å². The lowest BCUT2D eigenvalue weighted by Gasteiger charge is -2.55. The summed E-state index contributed by atoms with van der Waals surface area (Å²) in [5.74, 6) is 1.02. The van der Waals surface area contributed by atoms with Crippen molar-refractivity contribution in [2.75, 3.05) is 18.0 Å². The SMILES string of the molecule is Cn1c(N2CC3CC(C2)N3C(=O)OC(C)(C)C)nc2c(Br)ccc(O)c21. The summed E-state index contributed by atoms with van der Waals surface area (Å²) in [5.41, 5.74) is 0.963. The average molecular weight is 423 g/mol. The summed E-state index contributed by atoms with van der Waals surface area (Å²) in [7, 11) is 1.91. The smallest absolute Gasteiger partial charge is 0.410 e. The molecule has 5 rings (SSSR count). The number of ether oxygens (including phenoxy) is 1. The highest BCUT2D eigenvalue weighted by Crippen LogP contribution is 2.38. The van der Waals surface area contributed by atoms with Gasteiger partial charge in [-0.25, -0.2) is 9.78 Å². The molecule has 0 spiro atoms. The number of nitrogens with zero attached hydrogens (tertiary/aromatic N) is 4. The van der Waals surface area contributed by atoms with Crippen molar-refractivity contribution >= 4 is 39.0 Å². The average Bonchev–Trinajstić information content (AvgIpc) is 2.88. The number of aromatic nitrogens is 2. The van der Waals surface area contributed by atoms with Crippen LogP contribution in [0.25, 0.3) is 11.0 Å². The van der Waals surface area contributed by atoms with Gasteiger partial charge in [0.05, 0.1) is 12.1 Å². The fourth-order valence-corrected chi connectivity index (χ4v) is 4.33. The lowest BCUT2D eigenvalue weighted by atomic mass is 9.88. The van der Waals surface area contributed by atoms with Crippen LogP contribution in [-0.2, 0) is 11.8 Å².